The van der Waals surface area contributed by atoms with Gasteiger partial charge in [0.15, 0.2) is 5.65 Å². The van der Waals surface area contributed by atoms with Crippen molar-refractivity contribution >= 4 is 16.9 Å². The molecule has 5 nitrogen and oxygen atoms in total. The van der Waals surface area contributed by atoms with Crippen LogP contribution in [0.3, 0.4) is 0 Å². The van der Waals surface area contributed by atoms with Gasteiger partial charge in [0.2, 0.25) is 0 Å². The number of hydrogen-bond acceptors (Lipinski definition) is 4. The molecule has 0 atom stereocenters. The highest BCUT2D eigenvalue weighted by atomic mass is 15.2. The van der Waals surface area contributed by atoms with Gasteiger partial charge in [-0.05, 0) is 31.0 Å². The third kappa shape index (κ3) is 2.65. The van der Waals surface area contributed by atoms with Gasteiger partial charge >= 0.3 is 0 Å². The molecule has 24 heavy (non-hydrogen) atoms. The lowest BCUT2D eigenvalue weighted by Crippen LogP contribution is -2.43. The van der Waals surface area contributed by atoms with Gasteiger partial charge in [0.05, 0.1) is 12.2 Å². The van der Waals surface area contributed by atoms with Crippen LogP contribution in [0.15, 0.2) is 36.5 Å². The Morgan fingerprint density at radius 1 is 1.08 bits per heavy atom. The van der Waals surface area contributed by atoms with Crippen molar-refractivity contribution < 1.29 is 0 Å². The van der Waals surface area contributed by atoms with Crippen LogP contribution in [-0.4, -0.2) is 40.7 Å². The van der Waals surface area contributed by atoms with E-state index < -0.39 is 0 Å². The molecule has 4 rings (SSSR count). The molecule has 0 unspecified atom stereocenters. The van der Waals surface area contributed by atoms with E-state index in [9.17, 15) is 0 Å². The lowest BCUT2D eigenvalue weighted by atomic mass is 10.1. The number of benzene rings is 1. The van der Waals surface area contributed by atoms with E-state index in [0.717, 1.165) is 49.7 Å². The fourth-order valence-electron chi connectivity index (χ4n) is 3.42. The van der Waals surface area contributed by atoms with Crippen molar-refractivity contribution in [3.05, 3.63) is 53.5 Å². The maximum atomic E-state index is 4.85. The number of pyridine rings is 1. The van der Waals surface area contributed by atoms with E-state index in [-0.39, 0.29) is 0 Å². The van der Waals surface area contributed by atoms with Crippen molar-refractivity contribution in [1.82, 2.24) is 19.9 Å². The van der Waals surface area contributed by atoms with Crippen molar-refractivity contribution in [2.75, 3.05) is 31.1 Å². The van der Waals surface area contributed by atoms with Crippen LogP contribution in [0.2, 0.25) is 0 Å². The van der Waals surface area contributed by atoms with Gasteiger partial charge in [-0.15, -0.1) is 0 Å². The largest absolute Gasteiger partial charge is 0.367 e. The Hall–Kier alpha value is -2.40. The highest BCUT2D eigenvalue weighted by Gasteiger charge is 2.18. The van der Waals surface area contributed by atoms with Crippen molar-refractivity contribution in [3.63, 3.8) is 0 Å². The number of hydrogen-bond donors (Lipinski definition) is 1. The first-order chi connectivity index (χ1) is 11.7. The summed E-state index contributed by atoms with van der Waals surface area (Å²) >= 11 is 0. The molecule has 0 aliphatic carbocycles. The second-order valence-corrected chi connectivity index (χ2v) is 6.41. The van der Waals surface area contributed by atoms with Gasteiger partial charge in [-0.2, -0.15) is 0 Å². The van der Waals surface area contributed by atoms with Crippen LogP contribution in [0.4, 0.5) is 5.69 Å². The number of rotatable bonds is 3. The molecule has 2 aromatic heterocycles. The molecule has 0 bridgehead atoms. The zero-order valence-corrected chi connectivity index (χ0v) is 14.3. The topological polar surface area (TPSA) is 46.0 Å². The quantitative estimate of drug-likeness (QED) is 0.805. The van der Waals surface area contributed by atoms with Gasteiger partial charge in [-0.3, -0.25) is 0 Å². The summed E-state index contributed by atoms with van der Waals surface area (Å²) in [5.74, 6) is 1.02. The van der Waals surface area contributed by atoms with Crippen LogP contribution < -0.4 is 10.2 Å². The van der Waals surface area contributed by atoms with Crippen LogP contribution in [0.1, 0.15) is 17.0 Å². The average Bonchev–Trinajstić information content (AvgIpc) is 2.93. The molecule has 3 aromatic rings. The van der Waals surface area contributed by atoms with Crippen LogP contribution in [0.25, 0.3) is 11.2 Å². The van der Waals surface area contributed by atoms with Gasteiger partial charge in [-0.1, -0.05) is 24.3 Å². The van der Waals surface area contributed by atoms with E-state index in [1.54, 1.807) is 0 Å². The first-order valence-electron chi connectivity index (χ1n) is 8.56. The van der Waals surface area contributed by atoms with Crippen molar-refractivity contribution in [2.24, 2.45) is 0 Å². The number of anilines is 1. The normalized spacial score (nSPS) is 15.2. The summed E-state index contributed by atoms with van der Waals surface area (Å²) in [6.07, 6.45) is 1.91. The van der Waals surface area contributed by atoms with Crippen molar-refractivity contribution in [3.8, 4) is 0 Å². The number of nitrogens with zero attached hydrogens (tertiary/aromatic N) is 4. The molecule has 1 saturated heterocycles. The SMILES string of the molecule is Cc1ccccc1Cn1c(C)nc2c(N3CCNCC3)ccnc21. The Morgan fingerprint density at radius 3 is 2.67 bits per heavy atom. The molecular weight excluding hydrogens is 298 g/mol. The third-order valence-corrected chi connectivity index (χ3v) is 4.85. The summed E-state index contributed by atoms with van der Waals surface area (Å²) in [4.78, 5) is 11.9. The summed E-state index contributed by atoms with van der Waals surface area (Å²) in [7, 11) is 0. The highest BCUT2D eigenvalue weighted by Crippen LogP contribution is 2.26. The van der Waals surface area contributed by atoms with Gasteiger partial charge in [0.25, 0.3) is 0 Å². The zero-order valence-electron chi connectivity index (χ0n) is 14.3. The summed E-state index contributed by atoms with van der Waals surface area (Å²) in [6.45, 7) is 9.11. The van der Waals surface area contributed by atoms with Crippen molar-refractivity contribution in [2.45, 2.75) is 20.4 Å². The smallest absolute Gasteiger partial charge is 0.162 e. The standard InChI is InChI=1S/C19H23N5/c1-14-5-3-4-6-16(14)13-24-15(2)22-18-17(7-8-21-19(18)24)23-11-9-20-10-12-23/h3-8,20H,9-13H2,1-2H3. The zero-order chi connectivity index (χ0) is 16.5. The number of imidazole rings is 1. The van der Waals surface area contributed by atoms with Crippen LogP contribution in [0, 0.1) is 13.8 Å². The summed E-state index contributed by atoms with van der Waals surface area (Å²) in [6, 6.07) is 10.6. The fraction of sp³-hybridized carbons (Fsp3) is 0.368. The Bertz CT molecular complexity index is 861. The minimum atomic E-state index is 0.813. The number of aryl methyl sites for hydroxylation is 2. The maximum absolute atomic E-state index is 4.85. The second kappa shape index (κ2) is 6.24. The molecule has 5 heteroatoms. The van der Waals surface area contributed by atoms with Gasteiger partial charge in [0.1, 0.15) is 11.3 Å². The molecule has 0 saturated carbocycles. The Labute approximate surface area is 142 Å². The number of fused-ring (bicyclic) bond motifs is 1. The van der Waals surface area contributed by atoms with E-state index in [4.69, 9.17) is 4.98 Å². The Kier molecular flexibility index (Phi) is 3.94. The summed E-state index contributed by atoms with van der Waals surface area (Å²) in [5.41, 5.74) is 5.82. The lowest BCUT2D eigenvalue weighted by molar-refractivity contribution is 0.590. The lowest BCUT2D eigenvalue weighted by Gasteiger charge is -2.29. The number of nitrogens with one attached hydrogen (secondary N) is 1. The molecule has 3 heterocycles. The Morgan fingerprint density at radius 2 is 1.88 bits per heavy atom. The van der Waals surface area contributed by atoms with Crippen LogP contribution in [0.5, 0.6) is 0 Å². The van der Waals surface area contributed by atoms with Crippen LogP contribution in [-0.2, 0) is 6.54 Å². The van der Waals surface area contributed by atoms with E-state index in [1.807, 2.05) is 6.20 Å². The predicted molar refractivity (Wildman–Crippen MR) is 97.6 cm³/mol. The summed E-state index contributed by atoms with van der Waals surface area (Å²) < 4.78 is 2.23. The van der Waals surface area contributed by atoms with Crippen LogP contribution >= 0.6 is 0 Å². The highest BCUT2D eigenvalue weighted by molar-refractivity contribution is 5.86. The maximum Gasteiger partial charge on any atom is 0.162 e. The van der Waals surface area contributed by atoms with E-state index >= 15 is 0 Å². The summed E-state index contributed by atoms with van der Waals surface area (Å²) in [5, 5.41) is 3.41. The molecule has 1 N–H and O–H groups in total. The minimum absolute atomic E-state index is 0.813. The predicted octanol–water partition coefficient (Wildman–Crippen LogP) is 2.51. The monoisotopic (exact) mass is 321 g/mol. The van der Waals surface area contributed by atoms with E-state index in [0.29, 0.717) is 0 Å². The van der Waals surface area contributed by atoms with Gasteiger partial charge in [-0.25, -0.2) is 9.97 Å². The second-order valence-electron chi connectivity index (χ2n) is 6.41. The first kappa shape index (κ1) is 15.1. The molecule has 1 fully saturated rings. The molecule has 124 valence electrons. The molecular formula is C19H23N5. The molecule has 1 aliphatic heterocycles. The van der Waals surface area contributed by atoms with Crippen molar-refractivity contribution in [1.29, 1.82) is 0 Å². The fourth-order valence-corrected chi connectivity index (χ4v) is 3.42. The third-order valence-electron chi connectivity index (χ3n) is 4.85. The molecule has 0 radical (unpaired) electrons. The van der Waals surface area contributed by atoms with Gasteiger partial charge < -0.3 is 14.8 Å². The minimum Gasteiger partial charge on any atom is -0.367 e. The van der Waals surface area contributed by atoms with Gasteiger partial charge in [0, 0.05) is 32.4 Å². The van der Waals surface area contributed by atoms with E-state index in [2.05, 4.69) is 63.9 Å². The average molecular weight is 321 g/mol. The van der Waals surface area contributed by atoms with E-state index in [1.165, 1.54) is 16.8 Å². The number of aromatic nitrogens is 3. The molecule has 0 amide bonds. The Balaban J connectivity index is 1.77. The molecule has 1 aromatic carbocycles. The molecule has 1 aliphatic rings. The first-order valence-corrected chi connectivity index (χ1v) is 8.56. The number of piperazine rings is 1. The molecule has 0 spiro atoms.